The summed E-state index contributed by atoms with van der Waals surface area (Å²) in [6, 6.07) is 8.34. The Balaban J connectivity index is 2.30. The first-order valence-electron chi connectivity index (χ1n) is 6.03. The standard InChI is InChI=1S/C14H18BrN3/c1-9(16)14-10(2)17-18(11(14)3)8-12-4-6-13(15)7-5-12/h4-7,9H,8,16H2,1-3H3. The first-order chi connectivity index (χ1) is 8.49. The molecule has 1 heterocycles. The van der Waals surface area contributed by atoms with E-state index >= 15 is 0 Å². The highest BCUT2D eigenvalue weighted by molar-refractivity contribution is 9.10. The van der Waals surface area contributed by atoms with Gasteiger partial charge in [0.2, 0.25) is 0 Å². The largest absolute Gasteiger partial charge is 0.324 e. The molecule has 3 nitrogen and oxygen atoms in total. The molecule has 2 aromatic rings. The van der Waals surface area contributed by atoms with E-state index in [-0.39, 0.29) is 6.04 Å². The summed E-state index contributed by atoms with van der Waals surface area (Å²) in [5.74, 6) is 0. The summed E-state index contributed by atoms with van der Waals surface area (Å²) in [4.78, 5) is 0. The second kappa shape index (κ2) is 5.24. The van der Waals surface area contributed by atoms with Gasteiger partial charge in [0.15, 0.2) is 0 Å². The molecule has 0 saturated carbocycles. The van der Waals surface area contributed by atoms with Crippen molar-refractivity contribution in [1.29, 1.82) is 0 Å². The molecular weight excluding hydrogens is 290 g/mol. The molecule has 0 spiro atoms. The van der Waals surface area contributed by atoms with Crippen molar-refractivity contribution in [1.82, 2.24) is 9.78 Å². The Labute approximate surface area is 116 Å². The van der Waals surface area contributed by atoms with Crippen LogP contribution in [-0.4, -0.2) is 9.78 Å². The van der Waals surface area contributed by atoms with Crippen LogP contribution >= 0.6 is 15.9 Å². The van der Waals surface area contributed by atoms with E-state index in [4.69, 9.17) is 5.73 Å². The summed E-state index contributed by atoms with van der Waals surface area (Å²) in [5.41, 5.74) is 10.6. The molecule has 0 aliphatic carbocycles. The molecule has 0 aliphatic heterocycles. The van der Waals surface area contributed by atoms with E-state index in [1.54, 1.807) is 0 Å². The summed E-state index contributed by atoms with van der Waals surface area (Å²) in [7, 11) is 0. The van der Waals surface area contributed by atoms with Crippen molar-refractivity contribution in [3.05, 3.63) is 51.3 Å². The van der Waals surface area contributed by atoms with Crippen LogP contribution in [0.5, 0.6) is 0 Å². The molecule has 0 amide bonds. The summed E-state index contributed by atoms with van der Waals surface area (Å²) in [5, 5.41) is 4.57. The molecular formula is C14H18BrN3. The Kier molecular flexibility index (Phi) is 3.88. The normalized spacial score (nSPS) is 12.7. The first-order valence-corrected chi connectivity index (χ1v) is 6.82. The van der Waals surface area contributed by atoms with Crippen LogP contribution in [-0.2, 0) is 6.54 Å². The minimum atomic E-state index is 0.0312. The van der Waals surface area contributed by atoms with Crippen LogP contribution in [0.2, 0.25) is 0 Å². The Morgan fingerprint density at radius 1 is 1.28 bits per heavy atom. The third-order valence-corrected chi connectivity index (χ3v) is 3.67. The van der Waals surface area contributed by atoms with Gasteiger partial charge in [0.05, 0.1) is 12.2 Å². The van der Waals surface area contributed by atoms with Gasteiger partial charge in [-0.1, -0.05) is 28.1 Å². The van der Waals surface area contributed by atoms with E-state index < -0.39 is 0 Å². The molecule has 4 heteroatoms. The van der Waals surface area contributed by atoms with Crippen molar-refractivity contribution in [3.8, 4) is 0 Å². The van der Waals surface area contributed by atoms with Gasteiger partial charge < -0.3 is 5.73 Å². The van der Waals surface area contributed by atoms with Crippen LogP contribution in [0.15, 0.2) is 28.7 Å². The van der Waals surface area contributed by atoms with Gasteiger partial charge in [-0.05, 0) is 38.5 Å². The lowest BCUT2D eigenvalue weighted by Gasteiger charge is -2.08. The zero-order chi connectivity index (χ0) is 13.3. The molecule has 0 bridgehead atoms. The maximum atomic E-state index is 5.98. The Hall–Kier alpha value is -1.13. The highest BCUT2D eigenvalue weighted by Gasteiger charge is 2.14. The van der Waals surface area contributed by atoms with Gasteiger partial charge >= 0.3 is 0 Å². The number of rotatable bonds is 3. The van der Waals surface area contributed by atoms with Gasteiger partial charge in [-0.3, -0.25) is 4.68 Å². The zero-order valence-electron chi connectivity index (χ0n) is 10.9. The fourth-order valence-electron chi connectivity index (χ4n) is 2.29. The topological polar surface area (TPSA) is 43.8 Å². The first kappa shape index (κ1) is 13.3. The average molecular weight is 308 g/mol. The number of aromatic nitrogens is 2. The Morgan fingerprint density at radius 2 is 1.89 bits per heavy atom. The van der Waals surface area contributed by atoms with Crippen molar-refractivity contribution >= 4 is 15.9 Å². The summed E-state index contributed by atoms with van der Waals surface area (Å²) in [6.45, 7) is 6.88. The molecule has 2 rings (SSSR count). The molecule has 1 aromatic carbocycles. The van der Waals surface area contributed by atoms with E-state index in [9.17, 15) is 0 Å². The molecule has 2 N–H and O–H groups in total. The van der Waals surface area contributed by atoms with Crippen molar-refractivity contribution in [3.63, 3.8) is 0 Å². The van der Waals surface area contributed by atoms with Gasteiger partial charge in [0.1, 0.15) is 0 Å². The third-order valence-electron chi connectivity index (χ3n) is 3.14. The predicted octanol–water partition coefficient (Wildman–Crippen LogP) is 3.33. The lowest BCUT2D eigenvalue weighted by Crippen LogP contribution is -2.09. The molecule has 1 unspecified atom stereocenters. The average Bonchev–Trinajstić information content (AvgIpc) is 2.57. The molecule has 0 saturated heterocycles. The van der Waals surface area contributed by atoms with Crippen LogP contribution in [0.1, 0.15) is 35.5 Å². The second-order valence-electron chi connectivity index (χ2n) is 4.66. The monoisotopic (exact) mass is 307 g/mol. The summed E-state index contributed by atoms with van der Waals surface area (Å²) >= 11 is 3.44. The number of aryl methyl sites for hydroxylation is 1. The molecule has 18 heavy (non-hydrogen) atoms. The Bertz CT molecular complexity index is 541. The van der Waals surface area contributed by atoms with Crippen molar-refractivity contribution in [2.45, 2.75) is 33.4 Å². The van der Waals surface area contributed by atoms with Gasteiger partial charge in [0, 0.05) is 21.8 Å². The van der Waals surface area contributed by atoms with E-state index in [0.29, 0.717) is 0 Å². The van der Waals surface area contributed by atoms with Crippen LogP contribution in [0, 0.1) is 13.8 Å². The van der Waals surface area contributed by atoms with Gasteiger partial charge in [-0.2, -0.15) is 5.10 Å². The molecule has 96 valence electrons. The third kappa shape index (κ3) is 2.65. The van der Waals surface area contributed by atoms with Crippen molar-refractivity contribution in [2.75, 3.05) is 0 Å². The molecule has 0 fully saturated rings. The molecule has 0 radical (unpaired) electrons. The van der Waals surface area contributed by atoms with Crippen LogP contribution < -0.4 is 5.73 Å². The maximum absolute atomic E-state index is 5.98. The van der Waals surface area contributed by atoms with Crippen molar-refractivity contribution in [2.24, 2.45) is 5.73 Å². The fourth-order valence-corrected chi connectivity index (χ4v) is 2.55. The Morgan fingerprint density at radius 3 is 2.39 bits per heavy atom. The highest BCUT2D eigenvalue weighted by Crippen LogP contribution is 2.20. The lowest BCUT2D eigenvalue weighted by molar-refractivity contribution is 0.656. The van der Waals surface area contributed by atoms with Crippen LogP contribution in [0.4, 0.5) is 0 Å². The molecule has 0 aliphatic rings. The number of halogens is 1. The van der Waals surface area contributed by atoms with Crippen LogP contribution in [0.25, 0.3) is 0 Å². The van der Waals surface area contributed by atoms with E-state index in [0.717, 1.165) is 28.0 Å². The summed E-state index contributed by atoms with van der Waals surface area (Å²) in [6.07, 6.45) is 0. The van der Waals surface area contributed by atoms with E-state index in [2.05, 4.69) is 40.1 Å². The fraction of sp³-hybridized carbons (Fsp3) is 0.357. The quantitative estimate of drug-likeness (QED) is 0.945. The van der Waals surface area contributed by atoms with Crippen molar-refractivity contribution < 1.29 is 0 Å². The SMILES string of the molecule is Cc1nn(Cc2ccc(Br)cc2)c(C)c1C(C)N. The number of nitrogens with zero attached hydrogens (tertiary/aromatic N) is 2. The second-order valence-corrected chi connectivity index (χ2v) is 5.57. The maximum Gasteiger partial charge on any atom is 0.0662 e. The zero-order valence-corrected chi connectivity index (χ0v) is 12.5. The van der Waals surface area contributed by atoms with Gasteiger partial charge in [0.25, 0.3) is 0 Å². The van der Waals surface area contributed by atoms with Gasteiger partial charge in [-0.25, -0.2) is 0 Å². The summed E-state index contributed by atoms with van der Waals surface area (Å²) < 4.78 is 3.12. The molecule has 1 atom stereocenters. The lowest BCUT2D eigenvalue weighted by atomic mass is 10.1. The van der Waals surface area contributed by atoms with Gasteiger partial charge in [-0.15, -0.1) is 0 Å². The number of hydrogen-bond donors (Lipinski definition) is 1. The van der Waals surface area contributed by atoms with E-state index in [1.165, 1.54) is 5.56 Å². The number of benzene rings is 1. The number of hydrogen-bond acceptors (Lipinski definition) is 2. The molecule has 1 aromatic heterocycles. The van der Waals surface area contributed by atoms with Crippen LogP contribution in [0.3, 0.4) is 0 Å². The predicted molar refractivity (Wildman–Crippen MR) is 77.5 cm³/mol. The number of nitrogens with two attached hydrogens (primary N) is 1. The highest BCUT2D eigenvalue weighted by atomic mass is 79.9. The van der Waals surface area contributed by atoms with E-state index in [1.807, 2.05) is 30.7 Å². The smallest absolute Gasteiger partial charge is 0.0662 e. The minimum absolute atomic E-state index is 0.0312. The minimum Gasteiger partial charge on any atom is -0.324 e.